The molecule has 2 aromatic carbocycles. The number of benzene rings is 2. The van der Waals surface area contributed by atoms with E-state index in [9.17, 15) is 28.0 Å². The van der Waals surface area contributed by atoms with Crippen molar-refractivity contribution >= 4 is 48.3 Å². The number of pyridine rings is 1. The third kappa shape index (κ3) is 9.61. The smallest absolute Gasteiger partial charge is 0.438 e. The van der Waals surface area contributed by atoms with Crippen LogP contribution >= 0.6 is 19.6 Å². The zero-order valence-electron chi connectivity index (χ0n) is 23.0. The molecule has 0 unspecified atom stereocenters. The molecule has 3 aromatic rings. The number of nitrogens with zero attached hydrogens (tertiary/aromatic N) is 2. The van der Waals surface area contributed by atoms with E-state index in [4.69, 9.17) is 9.26 Å². The maximum Gasteiger partial charge on any atom is 0.474 e. The molecule has 12 nitrogen and oxygen atoms in total. The third-order valence-corrected chi connectivity index (χ3v) is 8.38. The van der Waals surface area contributed by atoms with Crippen LogP contribution in [0.3, 0.4) is 0 Å². The van der Waals surface area contributed by atoms with Gasteiger partial charge in [-0.25, -0.2) is 27.9 Å². The molecule has 0 aliphatic rings. The Kier molecular flexibility index (Phi) is 12.5. The number of rotatable bonds is 14. The van der Waals surface area contributed by atoms with Crippen LogP contribution in [0.25, 0.3) is 10.8 Å². The maximum atomic E-state index is 14.0. The molecule has 1 aromatic heterocycles. The normalized spacial score (nSPS) is 12.9. The van der Waals surface area contributed by atoms with Gasteiger partial charge in [-0.05, 0) is 17.5 Å². The standard InChI is InChI=1S/C26H31F2N4O8PS/c1-32(25(34)30-14-19-9-6-10-21(27)24(19)28)23(12-20(33)15-40-41(36,37-2)38-3)42-16-39-26(35)31-22-11-17-7-4-5-8-18(17)13-29-22/h4-11,13,20,23,33H,12,14-16H2,1-3H3,(H,30,34)(H,29,31,35)/t20-,23+/m0/s1. The van der Waals surface area contributed by atoms with Gasteiger partial charge in [-0.15, -0.1) is 0 Å². The zero-order chi connectivity index (χ0) is 30.7. The van der Waals surface area contributed by atoms with Gasteiger partial charge in [0.25, 0.3) is 0 Å². The number of aliphatic hydroxyl groups excluding tert-OH is 1. The quantitative estimate of drug-likeness (QED) is 0.163. The van der Waals surface area contributed by atoms with Gasteiger partial charge in [0, 0.05) is 51.4 Å². The fraction of sp³-hybridized carbons (Fsp3) is 0.346. The number of aliphatic hydroxyl groups is 1. The summed E-state index contributed by atoms with van der Waals surface area (Å²) in [6.07, 6.45) is -0.586. The van der Waals surface area contributed by atoms with E-state index in [1.54, 1.807) is 12.3 Å². The fourth-order valence-corrected chi connectivity index (χ4v) is 5.29. The second-order valence-electron chi connectivity index (χ2n) is 8.69. The summed E-state index contributed by atoms with van der Waals surface area (Å²) in [5.41, 5.74) is -0.0634. The van der Waals surface area contributed by atoms with Gasteiger partial charge in [0.2, 0.25) is 0 Å². The van der Waals surface area contributed by atoms with Gasteiger partial charge in [0.1, 0.15) is 11.8 Å². The van der Waals surface area contributed by atoms with Crippen molar-refractivity contribution in [2.45, 2.75) is 24.4 Å². The van der Waals surface area contributed by atoms with Crippen molar-refractivity contribution in [1.29, 1.82) is 0 Å². The Morgan fingerprint density at radius 1 is 1.12 bits per heavy atom. The van der Waals surface area contributed by atoms with Crippen LogP contribution in [0, 0.1) is 11.6 Å². The van der Waals surface area contributed by atoms with Crippen LogP contribution in [0.4, 0.5) is 24.2 Å². The molecule has 0 spiro atoms. The lowest BCUT2D eigenvalue weighted by Crippen LogP contribution is -2.44. The molecule has 3 amide bonds. The number of phosphoric ester groups is 1. The number of hydrogen-bond donors (Lipinski definition) is 3. The minimum Gasteiger partial charge on any atom is -0.438 e. The van der Waals surface area contributed by atoms with Crippen LogP contribution in [-0.4, -0.2) is 72.4 Å². The number of nitrogens with one attached hydrogen (secondary N) is 2. The summed E-state index contributed by atoms with van der Waals surface area (Å²) in [6, 6.07) is 12.1. The Labute approximate surface area is 245 Å². The lowest BCUT2D eigenvalue weighted by molar-refractivity contribution is 0.0617. The Bertz CT molecular complexity index is 1410. The average molecular weight is 629 g/mol. The number of anilines is 1. The fourth-order valence-electron chi connectivity index (χ4n) is 3.57. The van der Waals surface area contributed by atoms with Crippen molar-refractivity contribution in [1.82, 2.24) is 15.2 Å². The van der Waals surface area contributed by atoms with Crippen molar-refractivity contribution in [3.63, 3.8) is 0 Å². The monoisotopic (exact) mass is 628 g/mol. The number of ether oxygens (including phenoxy) is 1. The highest BCUT2D eigenvalue weighted by Gasteiger charge is 2.28. The number of halogens is 2. The summed E-state index contributed by atoms with van der Waals surface area (Å²) >= 11 is 0.980. The summed E-state index contributed by atoms with van der Waals surface area (Å²) in [5.74, 6) is -2.11. The number of hydrogen-bond acceptors (Lipinski definition) is 10. The second kappa shape index (κ2) is 15.8. The molecule has 42 heavy (non-hydrogen) atoms. The summed E-state index contributed by atoms with van der Waals surface area (Å²) in [6.45, 7) is -0.771. The topological polar surface area (TPSA) is 149 Å². The summed E-state index contributed by atoms with van der Waals surface area (Å²) < 4.78 is 59.3. The number of aromatic nitrogens is 1. The number of phosphoric acid groups is 1. The van der Waals surface area contributed by atoms with Gasteiger partial charge >= 0.3 is 19.9 Å². The van der Waals surface area contributed by atoms with Crippen molar-refractivity contribution in [3.8, 4) is 0 Å². The Morgan fingerprint density at radius 2 is 1.83 bits per heavy atom. The van der Waals surface area contributed by atoms with Gasteiger partial charge in [-0.2, -0.15) is 0 Å². The molecule has 16 heteroatoms. The molecule has 0 bridgehead atoms. The molecule has 3 rings (SSSR count). The summed E-state index contributed by atoms with van der Waals surface area (Å²) in [5, 5.41) is 16.5. The Hall–Kier alpha value is -3.33. The van der Waals surface area contributed by atoms with Crippen LogP contribution in [0.2, 0.25) is 0 Å². The van der Waals surface area contributed by atoms with Gasteiger partial charge in [0.05, 0.1) is 18.1 Å². The first-order chi connectivity index (χ1) is 20.0. The molecule has 2 atom stereocenters. The van der Waals surface area contributed by atoms with Crippen molar-refractivity contribution in [3.05, 3.63) is 71.9 Å². The molecule has 0 saturated heterocycles. The van der Waals surface area contributed by atoms with Gasteiger partial charge in [0.15, 0.2) is 11.6 Å². The van der Waals surface area contributed by atoms with E-state index in [2.05, 4.69) is 24.7 Å². The predicted molar refractivity (Wildman–Crippen MR) is 153 cm³/mol. The van der Waals surface area contributed by atoms with E-state index in [1.165, 1.54) is 24.1 Å². The van der Waals surface area contributed by atoms with Crippen molar-refractivity contribution < 1.29 is 46.3 Å². The first kappa shape index (κ1) is 33.2. The third-order valence-electron chi connectivity index (χ3n) is 5.87. The van der Waals surface area contributed by atoms with E-state index in [0.717, 1.165) is 42.8 Å². The molecule has 0 radical (unpaired) electrons. The van der Waals surface area contributed by atoms with Gasteiger partial charge < -0.3 is 20.1 Å². The Balaban J connectivity index is 1.61. The lowest BCUT2D eigenvalue weighted by atomic mass is 10.2. The van der Waals surface area contributed by atoms with E-state index in [1.807, 2.05) is 24.3 Å². The second-order valence-corrected chi connectivity index (χ2v) is 11.7. The van der Waals surface area contributed by atoms with Crippen LogP contribution in [0.5, 0.6) is 0 Å². The number of thioether (sulfide) groups is 1. The van der Waals surface area contributed by atoms with E-state index < -0.39 is 49.7 Å². The average Bonchev–Trinajstić information content (AvgIpc) is 2.99. The maximum absolute atomic E-state index is 14.0. The minimum absolute atomic E-state index is 0.0634. The van der Waals surface area contributed by atoms with E-state index in [-0.39, 0.29) is 30.3 Å². The number of carbonyl (C=O) groups is 2. The van der Waals surface area contributed by atoms with Crippen molar-refractivity contribution in [2.24, 2.45) is 0 Å². The first-order valence-electron chi connectivity index (χ1n) is 12.4. The van der Waals surface area contributed by atoms with Gasteiger partial charge in [-0.1, -0.05) is 48.2 Å². The molecular weight excluding hydrogens is 597 g/mol. The van der Waals surface area contributed by atoms with Crippen molar-refractivity contribution in [2.75, 3.05) is 39.1 Å². The molecular formula is C26H31F2N4O8PS. The number of carbonyl (C=O) groups excluding carboxylic acids is 2. The van der Waals surface area contributed by atoms with Gasteiger partial charge in [-0.3, -0.25) is 18.9 Å². The van der Waals surface area contributed by atoms with E-state index in [0.29, 0.717) is 0 Å². The first-order valence-corrected chi connectivity index (χ1v) is 14.9. The highest BCUT2D eigenvalue weighted by atomic mass is 32.2. The lowest BCUT2D eigenvalue weighted by Gasteiger charge is -2.29. The van der Waals surface area contributed by atoms with Crippen LogP contribution in [0.1, 0.15) is 12.0 Å². The highest BCUT2D eigenvalue weighted by Crippen LogP contribution is 2.47. The van der Waals surface area contributed by atoms with Crippen LogP contribution < -0.4 is 10.6 Å². The zero-order valence-corrected chi connectivity index (χ0v) is 24.7. The molecule has 0 fully saturated rings. The SMILES string of the molecule is COP(=O)(OC)OC[C@@H](O)C[C@@H](SCOC(=O)Nc1cc2ccccc2cn1)N(C)C(=O)NCc1cccc(F)c1F. The molecule has 0 aliphatic carbocycles. The molecule has 1 heterocycles. The molecule has 0 aliphatic heterocycles. The predicted octanol–water partition coefficient (Wildman–Crippen LogP) is 5.09. The summed E-state index contributed by atoms with van der Waals surface area (Å²) in [4.78, 5) is 30.6. The molecule has 3 N–H and O–H groups in total. The molecule has 0 saturated carbocycles. The largest absolute Gasteiger partial charge is 0.474 e. The minimum atomic E-state index is -3.87. The number of urea groups is 1. The Morgan fingerprint density at radius 3 is 2.55 bits per heavy atom. The number of amides is 3. The van der Waals surface area contributed by atoms with E-state index >= 15 is 0 Å². The van der Waals surface area contributed by atoms with Crippen LogP contribution in [0.15, 0.2) is 54.7 Å². The van der Waals surface area contributed by atoms with Crippen LogP contribution in [-0.2, 0) is 29.4 Å². The highest BCUT2D eigenvalue weighted by molar-refractivity contribution is 7.99. The summed E-state index contributed by atoms with van der Waals surface area (Å²) in [7, 11) is -0.236. The number of fused-ring (bicyclic) bond motifs is 1. The molecule has 228 valence electrons.